The zero-order valence-corrected chi connectivity index (χ0v) is 16.8. The van der Waals surface area contributed by atoms with Crippen molar-refractivity contribution < 1.29 is 0 Å². The Morgan fingerprint density at radius 1 is 1.12 bits per heavy atom. The molecule has 0 aromatic heterocycles. The molecule has 0 unspecified atom stereocenters. The molecule has 2 aromatic rings. The molecule has 0 spiro atoms. The van der Waals surface area contributed by atoms with Crippen molar-refractivity contribution in [1.82, 2.24) is 5.32 Å². The SMILES string of the molecule is Cc1ccc(NC(=S)NCc2ccc(N3CCC[C@@H](C)C3)cc2)cc1C. The van der Waals surface area contributed by atoms with Crippen LogP contribution in [0, 0.1) is 19.8 Å². The fourth-order valence-corrected chi connectivity index (χ4v) is 3.62. The first-order chi connectivity index (χ1) is 12.5. The molecule has 1 heterocycles. The maximum absolute atomic E-state index is 5.42. The van der Waals surface area contributed by atoms with Crippen LogP contribution in [-0.2, 0) is 6.54 Å². The lowest BCUT2D eigenvalue weighted by molar-refractivity contribution is 0.447. The minimum atomic E-state index is 0.655. The van der Waals surface area contributed by atoms with Crippen LogP contribution >= 0.6 is 12.2 Å². The van der Waals surface area contributed by atoms with E-state index in [1.54, 1.807) is 0 Å². The van der Waals surface area contributed by atoms with Gasteiger partial charge in [0.15, 0.2) is 5.11 Å². The van der Waals surface area contributed by atoms with Gasteiger partial charge in [-0.15, -0.1) is 0 Å². The topological polar surface area (TPSA) is 27.3 Å². The summed E-state index contributed by atoms with van der Waals surface area (Å²) >= 11 is 5.42. The summed E-state index contributed by atoms with van der Waals surface area (Å²) in [7, 11) is 0. The molecule has 3 nitrogen and oxygen atoms in total. The third-order valence-corrected chi connectivity index (χ3v) is 5.42. The lowest BCUT2D eigenvalue weighted by atomic mass is 9.99. The lowest BCUT2D eigenvalue weighted by Crippen LogP contribution is -2.34. The molecule has 2 aromatic carbocycles. The summed E-state index contributed by atoms with van der Waals surface area (Å²) < 4.78 is 0. The highest BCUT2D eigenvalue weighted by atomic mass is 32.1. The first-order valence-corrected chi connectivity index (χ1v) is 9.88. The van der Waals surface area contributed by atoms with E-state index in [0.29, 0.717) is 5.11 Å². The normalized spacial score (nSPS) is 17.0. The van der Waals surface area contributed by atoms with E-state index in [0.717, 1.165) is 18.2 Å². The zero-order chi connectivity index (χ0) is 18.5. The van der Waals surface area contributed by atoms with Crippen LogP contribution in [0.15, 0.2) is 42.5 Å². The van der Waals surface area contributed by atoms with E-state index >= 15 is 0 Å². The number of thiocarbonyl (C=S) groups is 1. The summed E-state index contributed by atoms with van der Waals surface area (Å²) in [4.78, 5) is 2.50. The average molecular weight is 368 g/mol. The second kappa shape index (κ2) is 8.54. The molecule has 2 N–H and O–H groups in total. The standard InChI is InChI=1S/C22H29N3S/c1-16-5-4-12-25(15-16)21-10-7-19(8-11-21)14-23-22(26)24-20-9-6-17(2)18(3)13-20/h6-11,13,16H,4-5,12,14-15H2,1-3H3,(H2,23,24,26)/t16-/m1/s1. The quantitative estimate of drug-likeness (QED) is 0.742. The summed E-state index contributed by atoms with van der Waals surface area (Å²) in [6, 6.07) is 15.1. The van der Waals surface area contributed by atoms with Gasteiger partial charge in [0.05, 0.1) is 0 Å². The molecular formula is C22H29N3S. The fourth-order valence-electron chi connectivity index (χ4n) is 3.43. The summed E-state index contributed by atoms with van der Waals surface area (Å²) in [5, 5.41) is 7.21. The van der Waals surface area contributed by atoms with Crippen LogP contribution in [0.3, 0.4) is 0 Å². The summed E-state index contributed by atoms with van der Waals surface area (Å²) in [5.41, 5.74) is 6.15. The molecule has 0 saturated carbocycles. The highest BCUT2D eigenvalue weighted by molar-refractivity contribution is 7.80. The first kappa shape index (κ1) is 18.7. The average Bonchev–Trinajstić information content (AvgIpc) is 2.63. The largest absolute Gasteiger partial charge is 0.371 e. The van der Waals surface area contributed by atoms with Crippen molar-refractivity contribution in [3.8, 4) is 0 Å². The molecular weight excluding hydrogens is 338 g/mol. The van der Waals surface area contributed by atoms with E-state index in [1.165, 1.54) is 48.3 Å². The molecule has 1 aliphatic heterocycles. The minimum absolute atomic E-state index is 0.655. The fraction of sp³-hybridized carbons (Fsp3) is 0.409. The third kappa shape index (κ3) is 4.98. The summed E-state index contributed by atoms with van der Waals surface area (Å²) in [5.74, 6) is 0.791. The van der Waals surface area contributed by atoms with Crippen LogP contribution in [0.5, 0.6) is 0 Å². The molecule has 0 amide bonds. The molecule has 1 atom stereocenters. The van der Waals surface area contributed by atoms with Crippen molar-refractivity contribution in [3.63, 3.8) is 0 Å². The van der Waals surface area contributed by atoms with Gasteiger partial charge in [-0.05, 0) is 85.8 Å². The molecule has 0 bridgehead atoms. The van der Waals surface area contributed by atoms with Crippen LogP contribution in [0.4, 0.5) is 11.4 Å². The minimum Gasteiger partial charge on any atom is -0.371 e. The van der Waals surface area contributed by atoms with Crippen molar-refractivity contribution in [2.75, 3.05) is 23.3 Å². The van der Waals surface area contributed by atoms with E-state index in [-0.39, 0.29) is 0 Å². The Morgan fingerprint density at radius 3 is 2.58 bits per heavy atom. The monoisotopic (exact) mass is 367 g/mol. The number of nitrogens with zero attached hydrogens (tertiary/aromatic N) is 1. The van der Waals surface area contributed by atoms with Crippen LogP contribution in [0.1, 0.15) is 36.5 Å². The number of aryl methyl sites for hydroxylation is 2. The van der Waals surface area contributed by atoms with Crippen molar-refractivity contribution >= 4 is 28.7 Å². The number of hydrogen-bond donors (Lipinski definition) is 2. The van der Waals surface area contributed by atoms with Gasteiger partial charge in [-0.3, -0.25) is 0 Å². The molecule has 0 radical (unpaired) electrons. The summed E-state index contributed by atoms with van der Waals surface area (Å²) in [6.45, 7) is 9.64. The predicted octanol–water partition coefficient (Wildman–Crippen LogP) is 5.03. The van der Waals surface area contributed by atoms with Gasteiger partial charge in [0, 0.05) is 31.0 Å². The predicted molar refractivity (Wildman–Crippen MR) is 116 cm³/mol. The van der Waals surface area contributed by atoms with Gasteiger partial charge in [0.1, 0.15) is 0 Å². The molecule has 26 heavy (non-hydrogen) atoms. The van der Waals surface area contributed by atoms with Crippen molar-refractivity contribution in [3.05, 3.63) is 59.2 Å². The second-order valence-corrected chi connectivity index (χ2v) is 7.87. The van der Waals surface area contributed by atoms with Gasteiger partial charge in [-0.1, -0.05) is 25.1 Å². The van der Waals surface area contributed by atoms with E-state index in [2.05, 4.69) is 78.8 Å². The summed E-state index contributed by atoms with van der Waals surface area (Å²) in [6.07, 6.45) is 2.65. The van der Waals surface area contributed by atoms with Crippen LogP contribution in [-0.4, -0.2) is 18.2 Å². The number of benzene rings is 2. The maximum Gasteiger partial charge on any atom is 0.171 e. The van der Waals surface area contributed by atoms with E-state index < -0.39 is 0 Å². The smallest absolute Gasteiger partial charge is 0.171 e. The molecule has 4 heteroatoms. The van der Waals surface area contributed by atoms with Crippen molar-refractivity contribution in [2.45, 2.75) is 40.2 Å². The third-order valence-electron chi connectivity index (χ3n) is 5.18. The Morgan fingerprint density at radius 2 is 1.88 bits per heavy atom. The van der Waals surface area contributed by atoms with Gasteiger partial charge < -0.3 is 15.5 Å². The van der Waals surface area contributed by atoms with E-state index in [9.17, 15) is 0 Å². The van der Waals surface area contributed by atoms with Gasteiger partial charge in [0.25, 0.3) is 0 Å². The lowest BCUT2D eigenvalue weighted by Gasteiger charge is -2.32. The molecule has 1 fully saturated rings. The Bertz CT molecular complexity index is 754. The van der Waals surface area contributed by atoms with E-state index in [4.69, 9.17) is 12.2 Å². The first-order valence-electron chi connectivity index (χ1n) is 9.47. The molecule has 0 aliphatic carbocycles. The second-order valence-electron chi connectivity index (χ2n) is 7.47. The van der Waals surface area contributed by atoms with Gasteiger partial charge >= 0.3 is 0 Å². The molecule has 138 valence electrons. The number of piperidine rings is 1. The van der Waals surface area contributed by atoms with Crippen molar-refractivity contribution in [2.24, 2.45) is 5.92 Å². The zero-order valence-electron chi connectivity index (χ0n) is 16.0. The Hall–Kier alpha value is -2.07. The molecule has 3 rings (SSSR count). The Kier molecular flexibility index (Phi) is 6.15. The molecule has 1 aliphatic rings. The Labute approximate surface area is 162 Å². The number of hydrogen-bond acceptors (Lipinski definition) is 2. The van der Waals surface area contributed by atoms with Crippen LogP contribution < -0.4 is 15.5 Å². The maximum atomic E-state index is 5.42. The van der Waals surface area contributed by atoms with Gasteiger partial charge in [-0.25, -0.2) is 0 Å². The Balaban J connectivity index is 1.51. The highest BCUT2D eigenvalue weighted by Gasteiger charge is 2.16. The highest BCUT2D eigenvalue weighted by Crippen LogP contribution is 2.23. The number of rotatable bonds is 4. The van der Waals surface area contributed by atoms with Gasteiger partial charge in [-0.2, -0.15) is 0 Å². The van der Waals surface area contributed by atoms with Gasteiger partial charge in [0.2, 0.25) is 0 Å². The van der Waals surface area contributed by atoms with E-state index in [1.807, 2.05) is 0 Å². The van der Waals surface area contributed by atoms with Crippen molar-refractivity contribution in [1.29, 1.82) is 0 Å². The number of nitrogens with one attached hydrogen (secondary N) is 2. The van der Waals surface area contributed by atoms with Crippen LogP contribution in [0.25, 0.3) is 0 Å². The van der Waals surface area contributed by atoms with Crippen LogP contribution in [0.2, 0.25) is 0 Å². The molecule has 1 saturated heterocycles. The number of anilines is 2.